The minimum absolute atomic E-state index is 0.0516. The number of carbonyl (C=O) groups is 1. The van der Waals surface area contributed by atoms with Crippen LogP contribution in [0.2, 0.25) is 0 Å². The molecule has 2 heterocycles. The van der Waals surface area contributed by atoms with Gasteiger partial charge in [0.15, 0.2) is 12.4 Å². The third kappa shape index (κ3) is 1.02. The van der Waals surface area contributed by atoms with Crippen molar-refractivity contribution >= 4 is 5.97 Å². The standard InChI is InChI=1S/C7H5NO3/c9-6-4-10-7-5(11-6)2-1-3-8-7/h1-3H,4H2. The molecular weight excluding hydrogens is 146 g/mol. The normalized spacial score (nSPS) is 14.7. The zero-order valence-electron chi connectivity index (χ0n) is 5.61. The van der Waals surface area contributed by atoms with Crippen LogP contribution in [0, 0.1) is 0 Å². The van der Waals surface area contributed by atoms with E-state index in [1.165, 1.54) is 0 Å². The summed E-state index contributed by atoms with van der Waals surface area (Å²) >= 11 is 0. The molecule has 0 N–H and O–H groups in total. The molecule has 1 aromatic rings. The maximum absolute atomic E-state index is 10.7. The van der Waals surface area contributed by atoms with Crippen LogP contribution in [0.1, 0.15) is 0 Å². The molecule has 0 spiro atoms. The summed E-state index contributed by atoms with van der Waals surface area (Å²) in [5, 5.41) is 0. The smallest absolute Gasteiger partial charge is 0.349 e. The SMILES string of the molecule is O=C1COc2ncccc2O1. The lowest BCUT2D eigenvalue weighted by atomic mass is 10.4. The van der Waals surface area contributed by atoms with Gasteiger partial charge < -0.3 is 9.47 Å². The number of esters is 1. The number of ether oxygens (including phenoxy) is 2. The highest BCUT2D eigenvalue weighted by Gasteiger charge is 2.17. The lowest BCUT2D eigenvalue weighted by Gasteiger charge is -2.13. The second-order valence-corrected chi connectivity index (χ2v) is 2.07. The van der Waals surface area contributed by atoms with E-state index in [2.05, 4.69) is 4.98 Å². The summed E-state index contributed by atoms with van der Waals surface area (Å²) in [6.45, 7) is -0.0516. The van der Waals surface area contributed by atoms with E-state index >= 15 is 0 Å². The van der Waals surface area contributed by atoms with E-state index in [0.717, 1.165) is 0 Å². The van der Waals surface area contributed by atoms with Crippen LogP contribution in [0.4, 0.5) is 0 Å². The van der Waals surface area contributed by atoms with E-state index in [0.29, 0.717) is 11.6 Å². The maximum Gasteiger partial charge on any atom is 0.349 e. The van der Waals surface area contributed by atoms with Gasteiger partial charge >= 0.3 is 5.97 Å². The van der Waals surface area contributed by atoms with Crippen molar-refractivity contribution in [3.63, 3.8) is 0 Å². The number of hydrogen-bond acceptors (Lipinski definition) is 4. The van der Waals surface area contributed by atoms with Crippen LogP contribution in [0.3, 0.4) is 0 Å². The van der Waals surface area contributed by atoms with E-state index in [4.69, 9.17) is 9.47 Å². The van der Waals surface area contributed by atoms with Crippen LogP contribution in [-0.2, 0) is 4.79 Å². The Hall–Kier alpha value is -1.58. The van der Waals surface area contributed by atoms with Crippen LogP contribution >= 0.6 is 0 Å². The molecule has 0 saturated heterocycles. The first-order valence-corrected chi connectivity index (χ1v) is 3.15. The number of fused-ring (bicyclic) bond motifs is 1. The highest BCUT2D eigenvalue weighted by atomic mass is 16.6. The first kappa shape index (κ1) is 6.15. The Morgan fingerprint density at radius 2 is 2.45 bits per heavy atom. The van der Waals surface area contributed by atoms with Gasteiger partial charge in [0.25, 0.3) is 5.88 Å². The van der Waals surface area contributed by atoms with Crippen molar-refractivity contribution in [1.29, 1.82) is 0 Å². The second-order valence-electron chi connectivity index (χ2n) is 2.07. The van der Waals surface area contributed by atoms with E-state index in [-0.39, 0.29) is 12.6 Å². The number of hydrogen-bond donors (Lipinski definition) is 0. The molecule has 1 aliphatic heterocycles. The highest BCUT2D eigenvalue weighted by molar-refractivity contribution is 5.76. The van der Waals surface area contributed by atoms with Gasteiger partial charge in [-0.25, -0.2) is 9.78 Å². The zero-order valence-corrected chi connectivity index (χ0v) is 5.61. The fourth-order valence-corrected chi connectivity index (χ4v) is 0.842. The van der Waals surface area contributed by atoms with Crippen LogP contribution in [0.15, 0.2) is 18.3 Å². The zero-order chi connectivity index (χ0) is 7.68. The number of pyridine rings is 1. The Morgan fingerprint density at radius 3 is 3.36 bits per heavy atom. The quantitative estimate of drug-likeness (QED) is 0.503. The second kappa shape index (κ2) is 2.23. The van der Waals surface area contributed by atoms with Gasteiger partial charge in [0.05, 0.1) is 0 Å². The topological polar surface area (TPSA) is 48.4 Å². The Morgan fingerprint density at radius 1 is 1.55 bits per heavy atom. The molecule has 0 radical (unpaired) electrons. The molecule has 1 aliphatic rings. The molecule has 2 rings (SSSR count). The molecular formula is C7H5NO3. The molecule has 0 amide bonds. The molecule has 4 nitrogen and oxygen atoms in total. The average Bonchev–Trinajstić information content (AvgIpc) is 2.04. The molecule has 0 unspecified atom stereocenters. The third-order valence-corrected chi connectivity index (χ3v) is 1.29. The summed E-state index contributed by atoms with van der Waals surface area (Å²) in [5.41, 5.74) is 0. The van der Waals surface area contributed by atoms with Crippen LogP contribution in [0.25, 0.3) is 0 Å². The van der Waals surface area contributed by atoms with Crippen molar-refractivity contribution in [1.82, 2.24) is 4.98 Å². The van der Waals surface area contributed by atoms with Crippen LogP contribution in [0.5, 0.6) is 11.6 Å². The van der Waals surface area contributed by atoms with Gasteiger partial charge in [-0.3, -0.25) is 0 Å². The van der Waals surface area contributed by atoms with Gasteiger partial charge in [0.2, 0.25) is 0 Å². The van der Waals surface area contributed by atoms with Crippen molar-refractivity contribution in [2.45, 2.75) is 0 Å². The maximum atomic E-state index is 10.7. The number of carbonyl (C=O) groups excluding carboxylic acids is 1. The molecule has 4 heteroatoms. The molecule has 56 valence electrons. The Labute approximate surface area is 62.8 Å². The fourth-order valence-electron chi connectivity index (χ4n) is 0.842. The van der Waals surface area contributed by atoms with Crippen molar-refractivity contribution in [2.24, 2.45) is 0 Å². The first-order chi connectivity index (χ1) is 5.36. The van der Waals surface area contributed by atoms with Gasteiger partial charge in [-0.05, 0) is 12.1 Å². The summed E-state index contributed by atoms with van der Waals surface area (Å²) in [7, 11) is 0. The van der Waals surface area contributed by atoms with E-state index < -0.39 is 0 Å². The molecule has 1 aromatic heterocycles. The van der Waals surface area contributed by atoms with Crippen LogP contribution < -0.4 is 9.47 Å². The van der Waals surface area contributed by atoms with Crippen LogP contribution in [-0.4, -0.2) is 17.6 Å². The fraction of sp³-hybridized carbons (Fsp3) is 0.143. The van der Waals surface area contributed by atoms with Gasteiger partial charge in [-0.15, -0.1) is 0 Å². The van der Waals surface area contributed by atoms with Gasteiger partial charge in [-0.1, -0.05) is 0 Å². The number of rotatable bonds is 0. The Kier molecular flexibility index (Phi) is 1.25. The molecule has 0 aromatic carbocycles. The molecule has 0 fully saturated rings. The molecule has 0 bridgehead atoms. The summed E-state index contributed by atoms with van der Waals surface area (Å²) < 4.78 is 9.76. The van der Waals surface area contributed by atoms with Gasteiger partial charge in [0, 0.05) is 6.20 Å². The number of nitrogens with zero attached hydrogens (tertiary/aromatic N) is 1. The average molecular weight is 151 g/mol. The summed E-state index contributed by atoms with van der Waals surface area (Å²) in [4.78, 5) is 14.5. The highest BCUT2D eigenvalue weighted by Crippen LogP contribution is 2.25. The van der Waals surface area contributed by atoms with E-state index in [9.17, 15) is 4.79 Å². The summed E-state index contributed by atoms with van der Waals surface area (Å²) in [5.74, 6) is 0.390. The summed E-state index contributed by atoms with van der Waals surface area (Å²) in [6, 6.07) is 3.32. The van der Waals surface area contributed by atoms with Gasteiger partial charge in [0.1, 0.15) is 0 Å². The van der Waals surface area contributed by atoms with Crippen molar-refractivity contribution in [3.8, 4) is 11.6 Å². The third-order valence-electron chi connectivity index (χ3n) is 1.29. The molecule has 11 heavy (non-hydrogen) atoms. The van der Waals surface area contributed by atoms with Crippen molar-refractivity contribution < 1.29 is 14.3 Å². The summed E-state index contributed by atoms with van der Waals surface area (Å²) in [6.07, 6.45) is 1.58. The minimum Gasteiger partial charge on any atom is -0.463 e. The number of aromatic nitrogens is 1. The lowest BCUT2D eigenvalue weighted by Crippen LogP contribution is -2.23. The first-order valence-electron chi connectivity index (χ1n) is 3.15. The Bertz CT molecular complexity index is 297. The Balaban J connectivity index is 2.41. The molecule has 0 aliphatic carbocycles. The lowest BCUT2D eigenvalue weighted by molar-refractivity contribution is -0.138. The minimum atomic E-state index is -0.384. The molecule has 0 saturated carbocycles. The van der Waals surface area contributed by atoms with E-state index in [1.807, 2.05) is 0 Å². The predicted molar refractivity (Wildman–Crippen MR) is 35.4 cm³/mol. The predicted octanol–water partition coefficient (Wildman–Crippen LogP) is 0.379. The van der Waals surface area contributed by atoms with Crippen molar-refractivity contribution in [3.05, 3.63) is 18.3 Å². The largest absolute Gasteiger partial charge is 0.463 e. The van der Waals surface area contributed by atoms with Gasteiger partial charge in [-0.2, -0.15) is 0 Å². The van der Waals surface area contributed by atoms with Crippen molar-refractivity contribution in [2.75, 3.05) is 6.61 Å². The molecule has 0 atom stereocenters. The monoisotopic (exact) mass is 151 g/mol. The van der Waals surface area contributed by atoms with E-state index in [1.54, 1.807) is 18.3 Å².